The van der Waals surface area contributed by atoms with E-state index in [9.17, 15) is 16.8 Å². The second-order valence-corrected chi connectivity index (χ2v) is 12.0. The van der Waals surface area contributed by atoms with Crippen LogP contribution in [0, 0.1) is 13.8 Å². The Morgan fingerprint density at radius 3 is 2.58 bits per heavy atom. The van der Waals surface area contributed by atoms with Crippen LogP contribution in [0.2, 0.25) is 0 Å². The summed E-state index contributed by atoms with van der Waals surface area (Å²) in [6.07, 6.45) is 3.36. The Balaban J connectivity index is 1.57. The summed E-state index contributed by atoms with van der Waals surface area (Å²) in [4.78, 5) is 0.0358. The zero-order valence-corrected chi connectivity index (χ0v) is 21.9. The fourth-order valence-electron chi connectivity index (χ4n) is 3.88. The normalized spacial score (nSPS) is 12.2. The van der Waals surface area contributed by atoms with Crippen LogP contribution in [0.25, 0.3) is 11.0 Å². The minimum Gasteiger partial charge on any atom is -0.495 e. The van der Waals surface area contributed by atoms with Crippen molar-refractivity contribution in [3.8, 4) is 5.75 Å². The number of ether oxygens (including phenoxy) is 1. The summed E-state index contributed by atoms with van der Waals surface area (Å²) in [5.74, 6) is 0.327. The molecule has 0 spiro atoms. The smallest absolute Gasteiger partial charge is 0.267 e. The largest absolute Gasteiger partial charge is 0.495 e. The van der Waals surface area contributed by atoms with E-state index in [-0.39, 0.29) is 28.8 Å². The Morgan fingerprint density at radius 1 is 1.08 bits per heavy atom. The summed E-state index contributed by atoms with van der Waals surface area (Å²) >= 11 is 0. The van der Waals surface area contributed by atoms with Gasteiger partial charge in [0.15, 0.2) is 11.4 Å². The summed E-state index contributed by atoms with van der Waals surface area (Å²) in [5.41, 5.74) is 3.31. The fourth-order valence-corrected chi connectivity index (χ4v) is 5.87. The molecule has 2 aromatic carbocycles. The van der Waals surface area contributed by atoms with Crippen molar-refractivity contribution in [1.29, 1.82) is 0 Å². The molecule has 4 rings (SSSR count). The van der Waals surface area contributed by atoms with Crippen molar-refractivity contribution in [2.75, 3.05) is 17.6 Å². The molecule has 192 valence electrons. The molecule has 0 amide bonds. The van der Waals surface area contributed by atoms with Crippen molar-refractivity contribution < 1.29 is 26.1 Å². The van der Waals surface area contributed by atoms with Gasteiger partial charge in [0.25, 0.3) is 10.0 Å². The van der Waals surface area contributed by atoms with E-state index in [2.05, 4.69) is 19.7 Å². The molecular weight excluding hydrogens is 506 g/mol. The highest BCUT2D eigenvalue weighted by molar-refractivity contribution is 7.93. The molecule has 0 aliphatic heterocycles. The molecule has 0 saturated carbocycles. The Morgan fingerprint density at radius 2 is 1.86 bits per heavy atom. The van der Waals surface area contributed by atoms with Crippen LogP contribution in [-0.4, -0.2) is 44.6 Å². The second kappa shape index (κ2) is 9.91. The van der Waals surface area contributed by atoms with E-state index >= 15 is 0 Å². The molecular formula is C23H27N5O6S2. The molecule has 4 aromatic rings. The fraction of sp³-hybridized carbons (Fsp3) is 0.304. The highest BCUT2D eigenvalue weighted by Gasteiger charge is 2.25. The first-order valence-electron chi connectivity index (χ1n) is 11.1. The first kappa shape index (κ1) is 25.7. The standard InChI is InChI=1S/C23H27N5O6S2/c1-5-35(29,30)25-12-18-11-24-28(14-18)13-17-9-16(3)21-20(10-17)34-26-23(21)27-36(31,32)22-15(2)7-6-8-19(22)33-4/h6-11,14,25H,5,12-13H2,1-4H3,(H,26,27). The lowest BCUT2D eigenvalue weighted by Crippen LogP contribution is -2.24. The van der Waals surface area contributed by atoms with Crippen molar-refractivity contribution in [3.05, 3.63) is 65.0 Å². The third kappa shape index (κ3) is 5.37. The zero-order valence-electron chi connectivity index (χ0n) is 20.3. The molecule has 0 aliphatic carbocycles. The lowest BCUT2D eigenvalue weighted by molar-refractivity contribution is 0.402. The molecule has 36 heavy (non-hydrogen) atoms. The van der Waals surface area contributed by atoms with Crippen LogP contribution >= 0.6 is 0 Å². The number of anilines is 1. The van der Waals surface area contributed by atoms with E-state index in [0.29, 0.717) is 23.1 Å². The molecule has 0 fully saturated rings. The molecule has 0 saturated heterocycles. The lowest BCUT2D eigenvalue weighted by Gasteiger charge is -2.13. The van der Waals surface area contributed by atoms with Crippen LogP contribution in [0.5, 0.6) is 5.75 Å². The Hall–Kier alpha value is -3.42. The van der Waals surface area contributed by atoms with Crippen LogP contribution in [-0.2, 0) is 33.1 Å². The van der Waals surface area contributed by atoms with E-state index in [1.165, 1.54) is 7.11 Å². The zero-order chi connectivity index (χ0) is 26.1. The minimum atomic E-state index is -4.00. The van der Waals surface area contributed by atoms with Gasteiger partial charge < -0.3 is 9.26 Å². The maximum absolute atomic E-state index is 13.2. The number of methoxy groups -OCH3 is 1. The number of fused-ring (bicyclic) bond motifs is 1. The first-order chi connectivity index (χ1) is 17.0. The van der Waals surface area contributed by atoms with Crippen LogP contribution in [0.4, 0.5) is 5.82 Å². The highest BCUT2D eigenvalue weighted by atomic mass is 32.2. The van der Waals surface area contributed by atoms with E-state index in [0.717, 1.165) is 16.7 Å². The number of hydrogen-bond acceptors (Lipinski definition) is 8. The van der Waals surface area contributed by atoms with Gasteiger partial charge in [0.2, 0.25) is 10.0 Å². The van der Waals surface area contributed by atoms with Crippen molar-refractivity contribution in [3.63, 3.8) is 0 Å². The van der Waals surface area contributed by atoms with Crippen LogP contribution in [0.3, 0.4) is 0 Å². The number of rotatable bonds is 10. The first-order valence-corrected chi connectivity index (χ1v) is 14.2. The Kier molecular flexibility index (Phi) is 7.07. The van der Waals surface area contributed by atoms with Gasteiger partial charge in [-0.25, -0.2) is 21.6 Å². The molecule has 2 N–H and O–H groups in total. The summed E-state index contributed by atoms with van der Waals surface area (Å²) in [7, 11) is -5.88. The number of aromatic nitrogens is 3. The number of sulfonamides is 2. The monoisotopic (exact) mass is 533 g/mol. The second-order valence-electron chi connectivity index (χ2n) is 8.30. The van der Waals surface area contributed by atoms with Gasteiger partial charge in [-0.2, -0.15) is 5.10 Å². The van der Waals surface area contributed by atoms with Crippen LogP contribution in [0.1, 0.15) is 29.2 Å². The van der Waals surface area contributed by atoms with Crippen LogP contribution < -0.4 is 14.2 Å². The van der Waals surface area contributed by atoms with E-state index in [1.807, 2.05) is 13.0 Å². The van der Waals surface area contributed by atoms with Crippen LogP contribution in [0.15, 0.2) is 52.1 Å². The molecule has 13 heteroatoms. The van der Waals surface area contributed by atoms with Crippen molar-refractivity contribution in [2.45, 2.75) is 38.8 Å². The van der Waals surface area contributed by atoms with Crippen molar-refractivity contribution in [1.82, 2.24) is 19.7 Å². The SMILES string of the molecule is CCS(=O)(=O)NCc1cnn(Cc2cc(C)c3c(NS(=O)(=O)c4c(C)cccc4OC)noc3c2)c1. The van der Waals surface area contributed by atoms with Gasteiger partial charge in [0, 0.05) is 18.3 Å². The number of benzene rings is 2. The van der Waals surface area contributed by atoms with E-state index < -0.39 is 20.0 Å². The number of hydrogen-bond donors (Lipinski definition) is 2. The molecule has 11 nitrogen and oxygen atoms in total. The molecule has 0 atom stereocenters. The third-order valence-electron chi connectivity index (χ3n) is 5.63. The maximum atomic E-state index is 13.2. The third-order valence-corrected chi connectivity index (χ3v) is 8.50. The predicted octanol–water partition coefficient (Wildman–Crippen LogP) is 2.94. The van der Waals surface area contributed by atoms with Crippen molar-refractivity contribution >= 4 is 36.8 Å². The van der Waals surface area contributed by atoms with Gasteiger partial charge in [-0.15, -0.1) is 0 Å². The van der Waals surface area contributed by atoms with Gasteiger partial charge in [0.05, 0.1) is 31.0 Å². The van der Waals surface area contributed by atoms with Crippen molar-refractivity contribution in [2.24, 2.45) is 0 Å². The van der Waals surface area contributed by atoms with E-state index in [4.69, 9.17) is 9.26 Å². The van der Waals surface area contributed by atoms with Gasteiger partial charge >= 0.3 is 0 Å². The predicted molar refractivity (Wildman–Crippen MR) is 135 cm³/mol. The highest BCUT2D eigenvalue weighted by Crippen LogP contribution is 2.33. The molecule has 0 aliphatic rings. The summed E-state index contributed by atoms with van der Waals surface area (Å²) in [5, 5.41) is 8.80. The number of nitrogens with one attached hydrogen (secondary N) is 2. The summed E-state index contributed by atoms with van der Waals surface area (Å²) in [6.45, 7) is 5.66. The number of nitrogens with zero attached hydrogens (tertiary/aromatic N) is 3. The molecule has 2 heterocycles. The average molecular weight is 534 g/mol. The van der Waals surface area contributed by atoms with E-state index in [1.54, 1.807) is 55.2 Å². The molecule has 2 aromatic heterocycles. The Bertz CT molecular complexity index is 1620. The summed E-state index contributed by atoms with van der Waals surface area (Å²) in [6, 6.07) is 8.65. The quantitative estimate of drug-likeness (QED) is 0.316. The van der Waals surface area contributed by atoms with Gasteiger partial charge in [-0.1, -0.05) is 23.4 Å². The van der Waals surface area contributed by atoms with Gasteiger partial charge in [-0.05, 0) is 49.6 Å². The molecule has 0 radical (unpaired) electrons. The minimum absolute atomic E-state index is 0.00819. The topological polar surface area (TPSA) is 145 Å². The van der Waals surface area contributed by atoms with Gasteiger partial charge in [-0.3, -0.25) is 9.40 Å². The van der Waals surface area contributed by atoms with Gasteiger partial charge in [0.1, 0.15) is 10.6 Å². The summed E-state index contributed by atoms with van der Waals surface area (Å²) < 4.78 is 67.1. The maximum Gasteiger partial charge on any atom is 0.267 e. The Labute approximate surface area is 209 Å². The number of aryl methyl sites for hydroxylation is 2. The average Bonchev–Trinajstić information content (AvgIpc) is 3.44. The molecule has 0 unspecified atom stereocenters. The lowest BCUT2D eigenvalue weighted by atomic mass is 10.1. The molecule has 0 bridgehead atoms.